The monoisotopic (exact) mass is 79.0 g/mol. The number of allylic oxidation sites excluding steroid dienone is 1. The third-order valence-electron chi connectivity index (χ3n) is 0.360. The molecular weight excluding hydrogens is 74.1 g/mol. The molecule has 0 aromatic rings. The van der Waals surface area contributed by atoms with Crippen LogP contribution >= 0.6 is 0 Å². The van der Waals surface area contributed by atoms with Gasteiger partial charge in [-0.05, 0) is 6.08 Å². The van der Waals surface area contributed by atoms with Gasteiger partial charge in [-0.2, -0.15) is 0 Å². The van der Waals surface area contributed by atoms with E-state index < -0.39 is 0 Å². The van der Waals surface area contributed by atoms with Gasteiger partial charge in [-0.15, -0.1) is 6.42 Å². The Balaban J connectivity index is 3.63. The van der Waals surface area contributed by atoms with Gasteiger partial charge in [0.2, 0.25) is 0 Å². The van der Waals surface area contributed by atoms with Crippen molar-refractivity contribution in [2.75, 3.05) is 0 Å². The highest BCUT2D eigenvalue weighted by Gasteiger charge is 1.69. The van der Waals surface area contributed by atoms with Crippen molar-refractivity contribution in [1.29, 1.82) is 5.41 Å². The fraction of sp³-hybridized carbons (Fsp3) is 0. The van der Waals surface area contributed by atoms with Crippen LogP contribution in [0.25, 0.3) is 0 Å². The molecule has 30 valence electrons. The first kappa shape index (κ1) is 4.97. The van der Waals surface area contributed by atoms with E-state index >= 15 is 0 Å². The highest BCUT2D eigenvalue weighted by atomic mass is 14.4. The Kier molecular flexibility index (Phi) is 1.84. The summed E-state index contributed by atoms with van der Waals surface area (Å²) in [5.74, 6) is 2.08. The summed E-state index contributed by atoms with van der Waals surface area (Å²) in [6.45, 7) is 3.26. The van der Waals surface area contributed by atoms with Gasteiger partial charge in [0.1, 0.15) is 5.71 Å². The molecule has 0 fully saturated rings. The van der Waals surface area contributed by atoms with Crippen LogP contribution in [0.2, 0.25) is 0 Å². The van der Waals surface area contributed by atoms with Crippen LogP contribution in [0, 0.1) is 17.8 Å². The Morgan fingerprint density at radius 2 is 2.50 bits per heavy atom. The van der Waals surface area contributed by atoms with Gasteiger partial charge < -0.3 is 0 Å². The first-order valence-corrected chi connectivity index (χ1v) is 1.49. The Morgan fingerprint density at radius 1 is 2.00 bits per heavy atom. The van der Waals surface area contributed by atoms with E-state index in [1.807, 2.05) is 0 Å². The molecule has 0 aromatic heterocycles. The molecule has 0 aliphatic heterocycles. The van der Waals surface area contributed by atoms with E-state index in [0.717, 1.165) is 0 Å². The van der Waals surface area contributed by atoms with Crippen LogP contribution < -0.4 is 0 Å². The van der Waals surface area contributed by atoms with Crippen LogP contribution in [0.5, 0.6) is 0 Å². The predicted octanol–water partition coefficient (Wildman–Crippen LogP) is 0.825. The van der Waals surface area contributed by atoms with E-state index in [2.05, 4.69) is 12.5 Å². The van der Waals surface area contributed by atoms with Crippen molar-refractivity contribution in [3.63, 3.8) is 0 Å². The van der Waals surface area contributed by atoms with Gasteiger partial charge in [0, 0.05) is 0 Å². The van der Waals surface area contributed by atoms with E-state index in [9.17, 15) is 0 Å². The Labute approximate surface area is 37.2 Å². The summed E-state index contributed by atoms with van der Waals surface area (Å²) in [7, 11) is 0. The molecule has 0 aromatic carbocycles. The third kappa shape index (κ3) is 1.31. The molecule has 0 amide bonds. The molecule has 0 heterocycles. The molecule has 0 atom stereocenters. The number of hydrogen-bond acceptors (Lipinski definition) is 1. The standard InChI is InChI=1S/C5H5N/c1-3-5(6)4-2/h1,4,6H,2H2. The van der Waals surface area contributed by atoms with Crippen LogP contribution in [0.4, 0.5) is 0 Å². The summed E-state index contributed by atoms with van der Waals surface area (Å²) >= 11 is 0. The Bertz CT molecular complexity index is 106. The largest absolute Gasteiger partial charge is 0.292 e. The van der Waals surface area contributed by atoms with Gasteiger partial charge >= 0.3 is 0 Å². The zero-order valence-electron chi connectivity index (χ0n) is 3.36. The Morgan fingerprint density at radius 3 is 2.50 bits per heavy atom. The summed E-state index contributed by atoms with van der Waals surface area (Å²) in [6.07, 6.45) is 6.06. The minimum Gasteiger partial charge on any atom is -0.292 e. The lowest BCUT2D eigenvalue weighted by molar-refractivity contribution is 1.55. The second kappa shape index (κ2) is 2.22. The summed E-state index contributed by atoms with van der Waals surface area (Å²) in [5, 5.41) is 6.63. The molecule has 0 aliphatic carbocycles. The van der Waals surface area contributed by atoms with Gasteiger partial charge in [-0.3, -0.25) is 5.41 Å². The van der Waals surface area contributed by atoms with Crippen LogP contribution in [-0.2, 0) is 0 Å². The van der Waals surface area contributed by atoms with Crippen molar-refractivity contribution in [3.8, 4) is 12.3 Å². The normalized spacial score (nSPS) is 5.83. The SMILES string of the molecule is C#CC(=N)C=C. The number of terminal acetylenes is 1. The predicted molar refractivity (Wildman–Crippen MR) is 26.8 cm³/mol. The quantitative estimate of drug-likeness (QED) is 0.355. The van der Waals surface area contributed by atoms with Crippen LogP contribution in [0.15, 0.2) is 12.7 Å². The molecule has 0 unspecified atom stereocenters. The van der Waals surface area contributed by atoms with E-state index in [1.54, 1.807) is 0 Å². The topological polar surface area (TPSA) is 23.9 Å². The van der Waals surface area contributed by atoms with Crippen molar-refractivity contribution in [2.24, 2.45) is 0 Å². The average Bonchev–Trinajstić information content (AvgIpc) is 1.65. The third-order valence-corrected chi connectivity index (χ3v) is 0.360. The summed E-state index contributed by atoms with van der Waals surface area (Å²) in [5.41, 5.74) is 0.134. The van der Waals surface area contributed by atoms with Crippen molar-refractivity contribution >= 4 is 5.71 Å². The second-order valence-corrected chi connectivity index (χ2v) is 0.762. The lowest BCUT2D eigenvalue weighted by atomic mass is 10.4. The molecular formula is C5H5N. The second-order valence-electron chi connectivity index (χ2n) is 0.762. The maximum absolute atomic E-state index is 6.63. The smallest absolute Gasteiger partial charge is 0.103 e. The maximum atomic E-state index is 6.63. The van der Waals surface area contributed by atoms with Gasteiger partial charge in [-0.25, -0.2) is 0 Å². The molecule has 0 saturated carbocycles. The lowest BCUT2D eigenvalue weighted by Crippen LogP contribution is -1.77. The molecule has 6 heavy (non-hydrogen) atoms. The highest BCUT2D eigenvalue weighted by Crippen LogP contribution is 1.63. The molecule has 0 bridgehead atoms. The van der Waals surface area contributed by atoms with Crippen LogP contribution in [-0.4, -0.2) is 5.71 Å². The molecule has 0 saturated heterocycles. The molecule has 0 aliphatic rings. The Hall–Kier alpha value is -1.03. The van der Waals surface area contributed by atoms with E-state index in [4.69, 9.17) is 11.8 Å². The van der Waals surface area contributed by atoms with E-state index in [0.29, 0.717) is 0 Å². The fourth-order valence-electron chi connectivity index (χ4n) is 0.0589. The highest BCUT2D eigenvalue weighted by molar-refractivity contribution is 6.05. The fourth-order valence-corrected chi connectivity index (χ4v) is 0.0589. The van der Waals surface area contributed by atoms with E-state index in [-0.39, 0.29) is 5.71 Å². The van der Waals surface area contributed by atoms with Crippen molar-refractivity contribution in [1.82, 2.24) is 0 Å². The first-order valence-electron chi connectivity index (χ1n) is 1.49. The minimum atomic E-state index is 0.134. The zero-order chi connectivity index (χ0) is 4.99. The molecule has 1 nitrogen and oxygen atoms in total. The maximum Gasteiger partial charge on any atom is 0.103 e. The summed E-state index contributed by atoms with van der Waals surface area (Å²) in [4.78, 5) is 0. The minimum absolute atomic E-state index is 0.134. The zero-order valence-corrected chi connectivity index (χ0v) is 3.36. The summed E-state index contributed by atoms with van der Waals surface area (Å²) in [6, 6.07) is 0. The molecule has 1 N–H and O–H groups in total. The van der Waals surface area contributed by atoms with Crippen molar-refractivity contribution in [2.45, 2.75) is 0 Å². The van der Waals surface area contributed by atoms with Crippen molar-refractivity contribution < 1.29 is 0 Å². The summed E-state index contributed by atoms with van der Waals surface area (Å²) < 4.78 is 0. The van der Waals surface area contributed by atoms with Crippen molar-refractivity contribution in [3.05, 3.63) is 12.7 Å². The number of rotatable bonds is 1. The van der Waals surface area contributed by atoms with Crippen LogP contribution in [0.1, 0.15) is 0 Å². The number of hydrogen-bond donors (Lipinski definition) is 1. The number of nitrogens with one attached hydrogen (secondary N) is 1. The molecule has 0 radical (unpaired) electrons. The molecule has 0 spiro atoms. The first-order chi connectivity index (χ1) is 2.81. The molecule has 0 rings (SSSR count). The van der Waals surface area contributed by atoms with Gasteiger partial charge in [0.25, 0.3) is 0 Å². The van der Waals surface area contributed by atoms with Gasteiger partial charge in [-0.1, -0.05) is 12.5 Å². The molecule has 1 heteroatoms. The lowest BCUT2D eigenvalue weighted by Gasteiger charge is -1.69. The average molecular weight is 79.1 g/mol. The van der Waals surface area contributed by atoms with E-state index in [1.165, 1.54) is 6.08 Å². The van der Waals surface area contributed by atoms with Gasteiger partial charge in [0.15, 0.2) is 0 Å². The van der Waals surface area contributed by atoms with Gasteiger partial charge in [0.05, 0.1) is 0 Å². The van der Waals surface area contributed by atoms with Crippen LogP contribution in [0.3, 0.4) is 0 Å².